The Labute approximate surface area is 155 Å². The van der Waals surface area contributed by atoms with Crippen LogP contribution in [-0.2, 0) is 16.0 Å². The second kappa shape index (κ2) is 7.86. The van der Waals surface area contributed by atoms with Crippen LogP contribution < -0.4 is 9.64 Å². The smallest absolute Gasteiger partial charge is 0.338 e. The van der Waals surface area contributed by atoms with E-state index < -0.39 is 16.6 Å². The predicted molar refractivity (Wildman–Crippen MR) is 97.0 cm³/mol. The highest BCUT2D eigenvalue weighted by atomic mass is 16.6. The maximum atomic E-state index is 12.6. The molecule has 1 aliphatic rings. The van der Waals surface area contributed by atoms with Crippen LogP contribution in [0.15, 0.2) is 42.5 Å². The fraction of sp³-hybridized carbons (Fsp3) is 0.263. The number of methoxy groups -OCH3 is 1. The van der Waals surface area contributed by atoms with Crippen molar-refractivity contribution in [3.63, 3.8) is 0 Å². The van der Waals surface area contributed by atoms with Gasteiger partial charge in [-0.25, -0.2) is 4.79 Å². The van der Waals surface area contributed by atoms with Gasteiger partial charge in [-0.1, -0.05) is 18.2 Å². The van der Waals surface area contributed by atoms with Gasteiger partial charge in [0.1, 0.15) is 0 Å². The Hall–Kier alpha value is -3.42. The molecular formula is C19H18N2O6. The number of anilines is 1. The Morgan fingerprint density at radius 3 is 2.74 bits per heavy atom. The summed E-state index contributed by atoms with van der Waals surface area (Å²) in [6.07, 6.45) is 1.75. The van der Waals surface area contributed by atoms with Gasteiger partial charge >= 0.3 is 11.7 Å². The van der Waals surface area contributed by atoms with E-state index in [1.165, 1.54) is 19.2 Å². The first-order chi connectivity index (χ1) is 13.0. The third-order valence-corrected chi connectivity index (χ3v) is 4.34. The highest BCUT2D eigenvalue weighted by Crippen LogP contribution is 2.30. The Bertz CT molecular complexity index is 896. The fourth-order valence-corrected chi connectivity index (χ4v) is 3.04. The molecule has 1 aliphatic heterocycles. The number of amides is 1. The third-order valence-electron chi connectivity index (χ3n) is 4.34. The van der Waals surface area contributed by atoms with Crippen molar-refractivity contribution in [2.75, 3.05) is 25.2 Å². The maximum Gasteiger partial charge on any atom is 0.338 e. The van der Waals surface area contributed by atoms with Crippen LogP contribution in [0, 0.1) is 10.1 Å². The number of rotatable bonds is 5. The molecule has 140 valence electrons. The number of aryl methyl sites for hydroxylation is 1. The van der Waals surface area contributed by atoms with Crippen LogP contribution in [0.2, 0.25) is 0 Å². The number of esters is 1. The number of nitro benzene ring substituents is 1. The van der Waals surface area contributed by atoms with E-state index in [9.17, 15) is 19.7 Å². The molecule has 0 radical (unpaired) electrons. The van der Waals surface area contributed by atoms with Gasteiger partial charge in [-0.2, -0.15) is 0 Å². The number of para-hydroxylation sites is 1. The summed E-state index contributed by atoms with van der Waals surface area (Å²) in [5.74, 6) is -1.05. The van der Waals surface area contributed by atoms with Crippen molar-refractivity contribution >= 4 is 23.3 Å². The molecule has 0 bridgehead atoms. The summed E-state index contributed by atoms with van der Waals surface area (Å²) in [6, 6.07) is 11.4. The van der Waals surface area contributed by atoms with E-state index in [4.69, 9.17) is 4.74 Å². The fourth-order valence-electron chi connectivity index (χ4n) is 3.04. The normalized spacial score (nSPS) is 12.9. The summed E-state index contributed by atoms with van der Waals surface area (Å²) < 4.78 is 9.97. The number of fused-ring (bicyclic) bond motifs is 1. The van der Waals surface area contributed by atoms with E-state index in [0.29, 0.717) is 6.54 Å². The molecule has 27 heavy (non-hydrogen) atoms. The van der Waals surface area contributed by atoms with Gasteiger partial charge in [0.2, 0.25) is 0 Å². The molecule has 8 nitrogen and oxygen atoms in total. The predicted octanol–water partition coefficient (Wildman–Crippen LogP) is 2.74. The molecule has 0 aliphatic carbocycles. The molecule has 0 atom stereocenters. The largest absolute Gasteiger partial charge is 0.477 e. The van der Waals surface area contributed by atoms with Gasteiger partial charge in [-0.05, 0) is 36.6 Å². The monoisotopic (exact) mass is 370 g/mol. The summed E-state index contributed by atoms with van der Waals surface area (Å²) >= 11 is 0. The first-order valence-corrected chi connectivity index (χ1v) is 8.39. The van der Waals surface area contributed by atoms with Gasteiger partial charge in [0.25, 0.3) is 5.91 Å². The third kappa shape index (κ3) is 3.89. The molecule has 8 heteroatoms. The van der Waals surface area contributed by atoms with Gasteiger partial charge in [0.15, 0.2) is 12.4 Å². The Kier molecular flexibility index (Phi) is 5.35. The number of benzene rings is 2. The second-order valence-corrected chi connectivity index (χ2v) is 6.00. The molecule has 0 N–H and O–H groups in total. The van der Waals surface area contributed by atoms with Crippen molar-refractivity contribution in [1.82, 2.24) is 0 Å². The van der Waals surface area contributed by atoms with Crippen molar-refractivity contribution in [2.24, 2.45) is 0 Å². The molecule has 2 aromatic rings. The zero-order chi connectivity index (χ0) is 19.4. The SMILES string of the molecule is COC(=O)c1ccc(OCC(=O)N2CCCc3ccccc32)c([N+](=O)[O-])c1. The minimum absolute atomic E-state index is 0.0350. The van der Waals surface area contributed by atoms with Crippen LogP contribution in [0.25, 0.3) is 0 Å². The molecule has 0 saturated heterocycles. The second-order valence-electron chi connectivity index (χ2n) is 6.00. The van der Waals surface area contributed by atoms with Crippen molar-refractivity contribution in [1.29, 1.82) is 0 Å². The van der Waals surface area contributed by atoms with E-state index in [1.54, 1.807) is 4.90 Å². The van der Waals surface area contributed by atoms with Gasteiger partial charge in [0, 0.05) is 18.3 Å². The first-order valence-electron chi connectivity index (χ1n) is 8.39. The topological polar surface area (TPSA) is 99.0 Å². The van der Waals surface area contributed by atoms with Crippen LogP contribution in [0.5, 0.6) is 5.75 Å². The van der Waals surface area contributed by atoms with Crippen molar-refractivity contribution < 1.29 is 24.0 Å². The van der Waals surface area contributed by atoms with Gasteiger partial charge in [-0.3, -0.25) is 14.9 Å². The van der Waals surface area contributed by atoms with E-state index in [2.05, 4.69) is 4.74 Å². The molecule has 1 heterocycles. The number of hydrogen-bond donors (Lipinski definition) is 0. The molecule has 0 unspecified atom stereocenters. The van der Waals surface area contributed by atoms with Gasteiger partial charge in [0.05, 0.1) is 17.6 Å². The van der Waals surface area contributed by atoms with E-state index in [-0.39, 0.29) is 23.8 Å². The molecule has 0 fully saturated rings. The highest BCUT2D eigenvalue weighted by Gasteiger charge is 2.24. The zero-order valence-electron chi connectivity index (χ0n) is 14.7. The summed E-state index contributed by atoms with van der Waals surface area (Å²) in [7, 11) is 1.19. The number of carbonyl (C=O) groups is 2. The summed E-state index contributed by atoms with van der Waals surface area (Å²) in [5, 5.41) is 11.3. The number of nitrogens with zero attached hydrogens (tertiary/aromatic N) is 2. The van der Waals surface area contributed by atoms with E-state index in [0.717, 1.165) is 30.2 Å². The van der Waals surface area contributed by atoms with Gasteiger partial charge in [-0.15, -0.1) is 0 Å². The standard InChI is InChI=1S/C19H18N2O6/c1-26-19(23)14-8-9-17(16(11-14)21(24)25)27-12-18(22)20-10-4-6-13-5-2-3-7-15(13)20/h2-3,5,7-9,11H,4,6,10,12H2,1H3. The summed E-state index contributed by atoms with van der Waals surface area (Å²) in [5.41, 5.74) is 1.57. The van der Waals surface area contributed by atoms with Crippen molar-refractivity contribution in [3.05, 3.63) is 63.7 Å². The average molecular weight is 370 g/mol. The van der Waals surface area contributed by atoms with E-state index >= 15 is 0 Å². The lowest BCUT2D eigenvalue weighted by molar-refractivity contribution is -0.385. The minimum atomic E-state index is -0.689. The van der Waals surface area contributed by atoms with Crippen LogP contribution in [-0.4, -0.2) is 37.1 Å². The Morgan fingerprint density at radius 1 is 1.22 bits per heavy atom. The van der Waals surface area contributed by atoms with Crippen molar-refractivity contribution in [2.45, 2.75) is 12.8 Å². The number of ether oxygens (including phenoxy) is 2. The van der Waals surface area contributed by atoms with Crippen LogP contribution in [0.1, 0.15) is 22.3 Å². The average Bonchev–Trinajstić information content (AvgIpc) is 2.70. The summed E-state index contributed by atoms with van der Waals surface area (Å²) in [4.78, 5) is 36.4. The van der Waals surface area contributed by atoms with Crippen molar-refractivity contribution in [3.8, 4) is 5.75 Å². The van der Waals surface area contributed by atoms with Gasteiger partial charge < -0.3 is 14.4 Å². The van der Waals surface area contributed by atoms with Crippen LogP contribution in [0.4, 0.5) is 11.4 Å². The Morgan fingerprint density at radius 2 is 2.00 bits per heavy atom. The number of carbonyl (C=O) groups excluding carboxylic acids is 2. The quantitative estimate of drug-likeness (QED) is 0.456. The molecule has 3 rings (SSSR count). The Balaban J connectivity index is 1.76. The summed E-state index contributed by atoms with van der Waals surface area (Å²) in [6.45, 7) is 0.231. The molecule has 0 spiro atoms. The molecule has 0 saturated carbocycles. The molecular weight excluding hydrogens is 352 g/mol. The zero-order valence-corrected chi connectivity index (χ0v) is 14.7. The lowest BCUT2D eigenvalue weighted by Crippen LogP contribution is -2.38. The maximum absolute atomic E-state index is 12.6. The van der Waals surface area contributed by atoms with Crippen LogP contribution >= 0.6 is 0 Å². The number of nitro groups is 1. The first kappa shape index (κ1) is 18.4. The van der Waals surface area contributed by atoms with Crippen LogP contribution in [0.3, 0.4) is 0 Å². The lowest BCUT2D eigenvalue weighted by atomic mass is 10.0. The molecule has 1 amide bonds. The highest BCUT2D eigenvalue weighted by molar-refractivity contribution is 5.95. The minimum Gasteiger partial charge on any atom is -0.477 e. The molecule has 2 aromatic carbocycles. The number of hydrogen-bond acceptors (Lipinski definition) is 6. The van der Waals surface area contributed by atoms with E-state index in [1.807, 2.05) is 24.3 Å². The lowest BCUT2D eigenvalue weighted by Gasteiger charge is -2.29. The molecule has 0 aromatic heterocycles.